The Kier molecular flexibility index (Phi) is 4.64. The van der Waals surface area contributed by atoms with Gasteiger partial charge in [-0.15, -0.1) is 0 Å². The lowest BCUT2D eigenvalue weighted by Crippen LogP contribution is -2.01. The predicted molar refractivity (Wildman–Crippen MR) is 46.4 cm³/mol. The quantitative estimate of drug-likeness (QED) is 0.485. The lowest BCUT2D eigenvalue weighted by Gasteiger charge is -1.80. The van der Waals surface area contributed by atoms with E-state index in [4.69, 9.17) is 0 Å². The summed E-state index contributed by atoms with van der Waals surface area (Å²) in [5.74, 6) is 0.343. The number of allylic oxidation sites excluding steroid dienone is 1. The molecule has 0 spiro atoms. The van der Waals surface area contributed by atoms with Crippen molar-refractivity contribution in [1.29, 1.82) is 0 Å². The maximum atomic E-state index is 9.78. The molecule has 0 aromatic carbocycles. The number of nitrogens with zero attached hydrogens (tertiary/aromatic N) is 2. The summed E-state index contributed by atoms with van der Waals surface area (Å²) in [4.78, 5) is 18.4. The van der Waals surface area contributed by atoms with Crippen LogP contribution in [0, 0.1) is 26.1 Å². The summed E-state index contributed by atoms with van der Waals surface area (Å²) in [5.41, 5.74) is 0. The van der Waals surface area contributed by atoms with Crippen LogP contribution in [0.25, 0.3) is 0 Å². The van der Waals surface area contributed by atoms with Gasteiger partial charge in [0.2, 0.25) is 12.2 Å². The maximum absolute atomic E-state index is 9.78. The summed E-state index contributed by atoms with van der Waals surface area (Å²) in [6, 6.07) is -0.208. The standard InChI is InChI=1S/C4H7NO2.C3H5NO2/c1-3-2-4(3)5(6)7;1-2-3-4(5)6/h3-4H,2H2,1H3;2-3H,1H3/b;3-2+/t3-,4-;/m1./s1. The minimum Gasteiger partial charge on any atom is -0.264 e. The van der Waals surface area contributed by atoms with Crippen molar-refractivity contribution in [3.63, 3.8) is 0 Å². The van der Waals surface area contributed by atoms with Crippen molar-refractivity contribution in [3.8, 4) is 0 Å². The molecule has 74 valence electrons. The van der Waals surface area contributed by atoms with E-state index in [1.165, 1.54) is 6.08 Å². The minimum atomic E-state index is -0.500. The van der Waals surface area contributed by atoms with Crippen LogP contribution in [-0.2, 0) is 0 Å². The molecule has 1 aliphatic rings. The van der Waals surface area contributed by atoms with Gasteiger partial charge >= 0.3 is 0 Å². The first-order valence-corrected chi connectivity index (χ1v) is 3.88. The van der Waals surface area contributed by atoms with Crippen molar-refractivity contribution >= 4 is 0 Å². The number of hydrogen-bond donors (Lipinski definition) is 0. The molecule has 1 aliphatic carbocycles. The number of rotatable bonds is 2. The average molecular weight is 188 g/mol. The first-order chi connectivity index (χ1) is 5.99. The van der Waals surface area contributed by atoms with Crippen molar-refractivity contribution in [1.82, 2.24) is 0 Å². The summed E-state index contributed by atoms with van der Waals surface area (Å²) >= 11 is 0. The van der Waals surface area contributed by atoms with Gasteiger partial charge in [0, 0.05) is 17.3 Å². The Balaban J connectivity index is 0.000000226. The molecule has 0 aromatic rings. The van der Waals surface area contributed by atoms with Gasteiger partial charge in [-0.05, 0) is 13.0 Å². The molecular formula is C7H12N2O4. The zero-order chi connectivity index (χ0) is 10.4. The highest BCUT2D eigenvalue weighted by Gasteiger charge is 2.44. The second-order valence-electron chi connectivity index (χ2n) is 2.83. The van der Waals surface area contributed by atoms with Crippen LogP contribution in [0.5, 0.6) is 0 Å². The van der Waals surface area contributed by atoms with E-state index in [0.29, 0.717) is 5.92 Å². The largest absolute Gasteiger partial charge is 0.264 e. The molecule has 0 heterocycles. The molecule has 0 amide bonds. The molecule has 0 unspecified atom stereocenters. The molecule has 1 rings (SSSR count). The zero-order valence-electron chi connectivity index (χ0n) is 7.54. The van der Waals surface area contributed by atoms with Gasteiger partial charge in [-0.1, -0.05) is 6.92 Å². The highest BCUT2D eigenvalue weighted by molar-refractivity contribution is 4.81. The summed E-state index contributed by atoms with van der Waals surface area (Å²) in [5, 5.41) is 19.1. The second kappa shape index (κ2) is 5.23. The van der Waals surface area contributed by atoms with E-state index in [2.05, 4.69) is 0 Å². The van der Waals surface area contributed by atoms with Crippen LogP contribution in [0.4, 0.5) is 0 Å². The molecule has 0 aliphatic heterocycles. The molecule has 0 N–H and O–H groups in total. The topological polar surface area (TPSA) is 86.3 Å². The van der Waals surface area contributed by atoms with Gasteiger partial charge in [-0.25, -0.2) is 0 Å². The Morgan fingerprint density at radius 3 is 1.85 bits per heavy atom. The van der Waals surface area contributed by atoms with E-state index in [0.717, 1.165) is 12.6 Å². The Hall–Kier alpha value is -1.46. The van der Waals surface area contributed by atoms with Crippen molar-refractivity contribution in [2.45, 2.75) is 26.3 Å². The molecule has 2 atom stereocenters. The second-order valence-corrected chi connectivity index (χ2v) is 2.83. The van der Waals surface area contributed by atoms with Crippen LogP contribution in [0.15, 0.2) is 12.3 Å². The van der Waals surface area contributed by atoms with Crippen molar-refractivity contribution in [3.05, 3.63) is 32.5 Å². The predicted octanol–water partition coefficient (Wildman–Crippen LogP) is 1.47. The number of nitro groups is 2. The molecule has 0 saturated heterocycles. The summed E-state index contributed by atoms with van der Waals surface area (Å²) < 4.78 is 0. The van der Waals surface area contributed by atoms with E-state index in [9.17, 15) is 20.2 Å². The first kappa shape index (κ1) is 11.5. The minimum absolute atomic E-state index is 0.204. The van der Waals surface area contributed by atoms with Gasteiger partial charge in [-0.2, -0.15) is 0 Å². The Labute approximate surface area is 75.5 Å². The van der Waals surface area contributed by atoms with Crippen molar-refractivity contribution in [2.75, 3.05) is 0 Å². The molecule has 0 bridgehead atoms. The zero-order valence-corrected chi connectivity index (χ0v) is 7.54. The van der Waals surface area contributed by atoms with Crippen molar-refractivity contribution in [2.24, 2.45) is 5.92 Å². The van der Waals surface area contributed by atoms with Crippen molar-refractivity contribution < 1.29 is 9.85 Å². The normalized spacial score (nSPS) is 24.8. The van der Waals surface area contributed by atoms with Gasteiger partial charge in [-0.3, -0.25) is 20.2 Å². The molecule has 0 aromatic heterocycles. The monoisotopic (exact) mass is 188 g/mol. The molecule has 0 radical (unpaired) electrons. The fraction of sp³-hybridized carbons (Fsp3) is 0.714. The van der Waals surface area contributed by atoms with Gasteiger partial charge < -0.3 is 0 Å². The van der Waals surface area contributed by atoms with Gasteiger partial charge in [0.15, 0.2) is 0 Å². The third-order valence-corrected chi connectivity index (χ3v) is 1.61. The van der Waals surface area contributed by atoms with Crippen LogP contribution >= 0.6 is 0 Å². The Morgan fingerprint density at radius 1 is 1.38 bits per heavy atom. The van der Waals surface area contributed by atoms with Crippen LogP contribution < -0.4 is 0 Å². The third-order valence-electron chi connectivity index (χ3n) is 1.61. The molecule has 6 nitrogen and oxygen atoms in total. The lowest BCUT2D eigenvalue weighted by molar-refractivity contribution is -0.498. The van der Waals surface area contributed by atoms with Gasteiger partial charge in [0.25, 0.3) is 0 Å². The van der Waals surface area contributed by atoms with E-state index in [1.54, 1.807) is 6.92 Å². The van der Waals surface area contributed by atoms with E-state index in [1.807, 2.05) is 6.92 Å². The first-order valence-electron chi connectivity index (χ1n) is 3.88. The van der Waals surface area contributed by atoms with Crippen LogP contribution in [0.1, 0.15) is 20.3 Å². The van der Waals surface area contributed by atoms with Crippen LogP contribution in [-0.4, -0.2) is 15.9 Å². The number of hydrogen-bond acceptors (Lipinski definition) is 4. The van der Waals surface area contributed by atoms with E-state index in [-0.39, 0.29) is 11.0 Å². The fourth-order valence-electron chi connectivity index (χ4n) is 0.718. The Bertz CT molecular complexity index is 227. The molecule has 1 fully saturated rings. The average Bonchev–Trinajstić information content (AvgIpc) is 2.67. The SMILES string of the molecule is C/C=C/[N+](=O)[O-].C[C@@H]1C[C@H]1[N+](=O)[O-]. The highest BCUT2D eigenvalue weighted by Crippen LogP contribution is 2.31. The van der Waals surface area contributed by atoms with Gasteiger partial charge in [0.1, 0.15) is 0 Å². The van der Waals surface area contributed by atoms with E-state index < -0.39 is 4.92 Å². The highest BCUT2D eigenvalue weighted by atomic mass is 16.6. The lowest BCUT2D eigenvalue weighted by atomic mass is 10.5. The van der Waals surface area contributed by atoms with E-state index >= 15 is 0 Å². The Morgan fingerprint density at radius 2 is 1.85 bits per heavy atom. The van der Waals surface area contributed by atoms with Gasteiger partial charge in [0.05, 0.1) is 4.92 Å². The third kappa shape index (κ3) is 5.77. The van der Waals surface area contributed by atoms with Crippen LogP contribution in [0.3, 0.4) is 0 Å². The molecule has 1 saturated carbocycles. The fourth-order valence-corrected chi connectivity index (χ4v) is 0.718. The molecule has 13 heavy (non-hydrogen) atoms. The summed E-state index contributed by atoms with van der Waals surface area (Å²) in [6.45, 7) is 3.50. The summed E-state index contributed by atoms with van der Waals surface area (Å²) in [7, 11) is 0. The summed E-state index contributed by atoms with van der Waals surface area (Å²) in [6.07, 6.45) is 3.05. The molecule has 6 heteroatoms. The smallest absolute Gasteiger partial charge is 0.230 e. The van der Waals surface area contributed by atoms with Crippen LogP contribution in [0.2, 0.25) is 0 Å². The maximum Gasteiger partial charge on any atom is 0.230 e. The molecular weight excluding hydrogens is 176 g/mol.